The molecular weight excluding hydrogens is 389 g/mol. The van der Waals surface area contributed by atoms with Gasteiger partial charge in [0, 0.05) is 0 Å². The number of halogens is 3. The predicted octanol–water partition coefficient (Wildman–Crippen LogP) is 4.45. The number of benzene rings is 1. The molecule has 0 spiro atoms. The molecule has 17 heavy (non-hydrogen) atoms. The van der Waals surface area contributed by atoms with Gasteiger partial charge in [0.25, 0.3) is 0 Å². The van der Waals surface area contributed by atoms with E-state index in [0.717, 1.165) is 11.1 Å². The van der Waals surface area contributed by atoms with Crippen molar-refractivity contribution < 1.29 is 5.11 Å². The zero-order chi connectivity index (χ0) is 11.7. The van der Waals surface area contributed by atoms with Gasteiger partial charge in [-0.15, -0.1) is 12.4 Å². The van der Waals surface area contributed by atoms with Crippen molar-refractivity contribution in [3.05, 3.63) is 49.0 Å². The summed E-state index contributed by atoms with van der Waals surface area (Å²) in [5.41, 5.74) is 8.16. The van der Waals surface area contributed by atoms with Gasteiger partial charge in [0.2, 0.25) is 0 Å². The summed E-state index contributed by atoms with van der Waals surface area (Å²) in [4.78, 5) is 0. The second-order valence-corrected chi connectivity index (χ2v) is 5.86. The number of aromatic hydroxyl groups is 1. The van der Waals surface area contributed by atoms with Gasteiger partial charge >= 0.3 is 0 Å². The molecule has 0 unspecified atom stereocenters. The van der Waals surface area contributed by atoms with Crippen molar-refractivity contribution in [2.75, 3.05) is 0 Å². The van der Waals surface area contributed by atoms with E-state index in [1.165, 1.54) is 0 Å². The van der Waals surface area contributed by atoms with E-state index in [4.69, 9.17) is 5.73 Å². The Labute approximate surface area is 127 Å². The van der Waals surface area contributed by atoms with Crippen LogP contribution in [0, 0.1) is 0 Å². The Hall–Kier alpha value is -0.0700. The van der Waals surface area contributed by atoms with Crippen LogP contribution in [0.25, 0.3) is 0 Å². The molecule has 2 nitrogen and oxygen atoms in total. The minimum Gasteiger partial charge on any atom is -0.506 e. The summed E-state index contributed by atoms with van der Waals surface area (Å²) in [6, 6.07) is 5.51. The molecule has 0 saturated heterocycles. The van der Waals surface area contributed by atoms with Gasteiger partial charge in [-0.25, -0.2) is 0 Å². The first-order valence-corrected chi connectivity index (χ1v) is 7.08. The summed E-state index contributed by atoms with van der Waals surface area (Å²) in [6.07, 6.45) is 0. The molecule has 2 rings (SSSR count). The molecule has 3 N–H and O–H groups in total. The third-order valence-corrected chi connectivity index (χ3v) is 4.21. The van der Waals surface area contributed by atoms with E-state index in [1.807, 2.05) is 29.0 Å². The minimum absolute atomic E-state index is 0. The number of nitrogens with two attached hydrogens (primary N) is 1. The normalized spacial score (nSPS) is 11.9. The highest BCUT2D eigenvalue weighted by Crippen LogP contribution is 2.36. The average Bonchev–Trinajstić information content (AvgIpc) is 2.77. The molecule has 0 amide bonds. The van der Waals surface area contributed by atoms with Crippen molar-refractivity contribution in [2.45, 2.75) is 6.04 Å². The fourth-order valence-corrected chi connectivity index (χ4v) is 3.33. The van der Waals surface area contributed by atoms with E-state index in [0.29, 0.717) is 8.95 Å². The molecule has 1 atom stereocenters. The fourth-order valence-electron chi connectivity index (χ4n) is 1.41. The highest BCUT2D eigenvalue weighted by atomic mass is 79.9. The van der Waals surface area contributed by atoms with Gasteiger partial charge in [0.05, 0.1) is 15.0 Å². The molecule has 0 radical (unpaired) electrons. The molecule has 0 bridgehead atoms. The van der Waals surface area contributed by atoms with Gasteiger partial charge in [-0.2, -0.15) is 11.3 Å². The van der Waals surface area contributed by atoms with Crippen molar-refractivity contribution in [2.24, 2.45) is 5.73 Å². The van der Waals surface area contributed by atoms with E-state index < -0.39 is 0 Å². The average molecular weight is 400 g/mol. The molecule has 1 aromatic carbocycles. The molecule has 0 aliphatic rings. The van der Waals surface area contributed by atoms with E-state index in [1.54, 1.807) is 11.3 Å². The van der Waals surface area contributed by atoms with E-state index in [2.05, 4.69) is 31.9 Å². The fraction of sp³-hybridized carbons (Fsp3) is 0.0909. The largest absolute Gasteiger partial charge is 0.506 e. The first-order valence-electron chi connectivity index (χ1n) is 4.55. The highest BCUT2D eigenvalue weighted by molar-refractivity contribution is 9.11. The maximum absolute atomic E-state index is 9.61. The van der Waals surface area contributed by atoms with Crippen LogP contribution in [0.4, 0.5) is 0 Å². The summed E-state index contributed by atoms with van der Waals surface area (Å²) < 4.78 is 1.28. The van der Waals surface area contributed by atoms with Crippen molar-refractivity contribution in [3.8, 4) is 5.75 Å². The van der Waals surface area contributed by atoms with Gasteiger partial charge in [-0.05, 0) is 71.9 Å². The molecular formula is C11H10Br2ClNOS. The maximum atomic E-state index is 9.61. The molecule has 1 aromatic heterocycles. The lowest BCUT2D eigenvalue weighted by molar-refractivity contribution is 0.468. The van der Waals surface area contributed by atoms with Crippen molar-refractivity contribution in [3.63, 3.8) is 0 Å². The Kier molecular flexibility index (Phi) is 5.47. The number of rotatable bonds is 2. The van der Waals surface area contributed by atoms with Crippen LogP contribution in [0.1, 0.15) is 17.2 Å². The van der Waals surface area contributed by atoms with Crippen LogP contribution in [0.3, 0.4) is 0 Å². The van der Waals surface area contributed by atoms with Gasteiger partial charge in [-0.3, -0.25) is 0 Å². The summed E-state index contributed by atoms with van der Waals surface area (Å²) >= 11 is 8.21. The smallest absolute Gasteiger partial charge is 0.143 e. The molecule has 1 heterocycles. The Morgan fingerprint density at radius 1 is 1.18 bits per heavy atom. The second kappa shape index (κ2) is 6.20. The molecule has 0 aliphatic heterocycles. The van der Waals surface area contributed by atoms with Crippen molar-refractivity contribution in [1.29, 1.82) is 0 Å². The number of phenols is 1. The summed E-state index contributed by atoms with van der Waals surface area (Å²) in [7, 11) is 0. The van der Waals surface area contributed by atoms with Gasteiger partial charge < -0.3 is 10.8 Å². The second-order valence-electron chi connectivity index (χ2n) is 3.37. The third-order valence-electron chi connectivity index (χ3n) is 2.30. The number of hydrogen-bond acceptors (Lipinski definition) is 3. The zero-order valence-electron chi connectivity index (χ0n) is 8.56. The summed E-state index contributed by atoms with van der Waals surface area (Å²) in [5, 5.41) is 13.6. The molecule has 0 aliphatic carbocycles. The maximum Gasteiger partial charge on any atom is 0.143 e. The van der Waals surface area contributed by atoms with Gasteiger partial charge in [-0.1, -0.05) is 0 Å². The molecule has 2 aromatic rings. The van der Waals surface area contributed by atoms with Crippen molar-refractivity contribution >= 4 is 55.6 Å². The van der Waals surface area contributed by atoms with Crippen LogP contribution in [0.2, 0.25) is 0 Å². The van der Waals surface area contributed by atoms with Crippen LogP contribution >= 0.6 is 55.6 Å². The molecule has 6 heteroatoms. The minimum atomic E-state index is -0.167. The predicted molar refractivity (Wildman–Crippen MR) is 81.1 cm³/mol. The van der Waals surface area contributed by atoms with Crippen molar-refractivity contribution in [1.82, 2.24) is 0 Å². The summed E-state index contributed by atoms with van der Waals surface area (Å²) in [6.45, 7) is 0. The Balaban J connectivity index is 0.00000144. The first-order chi connectivity index (χ1) is 7.59. The number of hydrogen-bond donors (Lipinski definition) is 2. The standard InChI is InChI=1S/C11H9Br2NOS.ClH/c12-8-3-7(4-9(13)11(8)15)10(14)6-1-2-16-5-6;/h1-5,10,15H,14H2;1H/t10-;/m1./s1. The van der Waals surface area contributed by atoms with E-state index in [9.17, 15) is 5.11 Å². The van der Waals surface area contributed by atoms with Crippen LogP contribution in [0.15, 0.2) is 37.9 Å². The third kappa shape index (κ3) is 3.23. The van der Waals surface area contributed by atoms with Gasteiger partial charge in [0.1, 0.15) is 5.75 Å². The monoisotopic (exact) mass is 397 g/mol. The summed E-state index contributed by atoms with van der Waals surface area (Å²) in [5.74, 6) is 0.196. The SMILES string of the molecule is Cl.N[C@H](c1ccsc1)c1cc(Br)c(O)c(Br)c1. The van der Waals surface area contributed by atoms with Crippen LogP contribution < -0.4 is 5.73 Å². The lowest BCUT2D eigenvalue weighted by Gasteiger charge is -2.12. The lowest BCUT2D eigenvalue weighted by atomic mass is 10.0. The number of phenolic OH excluding ortho intramolecular Hbond substituents is 1. The Morgan fingerprint density at radius 3 is 2.24 bits per heavy atom. The first kappa shape index (κ1) is 15.0. The topological polar surface area (TPSA) is 46.2 Å². The van der Waals surface area contributed by atoms with Crippen LogP contribution in [-0.4, -0.2) is 5.11 Å². The molecule has 92 valence electrons. The Morgan fingerprint density at radius 2 is 1.76 bits per heavy atom. The zero-order valence-corrected chi connectivity index (χ0v) is 13.4. The van der Waals surface area contributed by atoms with Gasteiger partial charge in [0.15, 0.2) is 0 Å². The van der Waals surface area contributed by atoms with Crippen LogP contribution in [-0.2, 0) is 0 Å². The molecule has 0 fully saturated rings. The quantitative estimate of drug-likeness (QED) is 0.784. The number of thiophene rings is 1. The van der Waals surface area contributed by atoms with Crippen LogP contribution in [0.5, 0.6) is 5.75 Å². The highest BCUT2D eigenvalue weighted by Gasteiger charge is 2.13. The molecule has 0 saturated carbocycles. The Bertz CT molecular complexity index is 481. The van der Waals surface area contributed by atoms with E-state index >= 15 is 0 Å². The van der Waals surface area contributed by atoms with E-state index in [-0.39, 0.29) is 24.2 Å². The lowest BCUT2D eigenvalue weighted by Crippen LogP contribution is -2.10.